The first-order valence-electron chi connectivity index (χ1n) is 7.01. The molecule has 2 aromatic rings. The van der Waals surface area contributed by atoms with Crippen molar-refractivity contribution in [2.75, 3.05) is 14.2 Å². The van der Waals surface area contributed by atoms with Gasteiger partial charge in [0.25, 0.3) is 0 Å². The number of hydrogen-bond acceptors (Lipinski definition) is 3. The summed E-state index contributed by atoms with van der Waals surface area (Å²) in [4.78, 5) is 4.46. The minimum Gasteiger partial charge on any atom is -0.496 e. The molecule has 0 aliphatic carbocycles. The van der Waals surface area contributed by atoms with E-state index in [1.165, 1.54) is 11.1 Å². The van der Waals surface area contributed by atoms with Gasteiger partial charge in [0.2, 0.25) is 0 Å². The Morgan fingerprint density at radius 1 is 1.40 bits per heavy atom. The lowest BCUT2D eigenvalue weighted by Gasteiger charge is -2.20. The molecular formula is C16H23N3O. The normalized spacial score (nSPS) is 12.4. The molecule has 4 nitrogen and oxygen atoms in total. The molecule has 1 unspecified atom stereocenters. The van der Waals surface area contributed by atoms with E-state index in [1.54, 1.807) is 7.11 Å². The van der Waals surface area contributed by atoms with Crippen molar-refractivity contribution in [3.05, 3.63) is 47.5 Å². The van der Waals surface area contributed by atoms with Gasteiger partial charge in [-0.2, -0.15) is 0 Å². The van der Waals surface area contributed by atoms with E-state index in [-0.39, 0.29) is 6.04 Å². The Kier molecular flexibility index (Phi) is 4.79. The second-order valence-corrected chi connectivity index (χ2v) is 4.92. The average molecular weight is 273 g/mol. The van der Waals surface area contributed by atoms with Crippen molar-refractivity contribution in [3.63, 3.8) is 0 Å². The third kappa shape index (κ3) is 3.02. The van der Waals surface area contributed by atoms with Crippen LogP contribution in [0, 0.1) is 6.92 Å². The van der Waals surface area contributed by atoms with Crippen LogP contribution < -0.4 is 10.1 Å². The molecule has 1 atom stereocenters. The molecule has 0 aliphatic heterocycles. The Hall–Kier alpha value is -1.81. The summed E-state index contributed by atoms with van der Waals surface area (Å²) in [6.45, 7) is 5.15. The Bertz CT molecular complexity index is 563. The molecule has 4 heteroatoms. The van der Waals surface area contributed by atoms with Crippen molar-refractivity contribution in [2.45, 2.75) is 32.9 Å². The first-order chi connectivity index (χ1) is 9.69. The topological polar surface area (TPSA) is 39.1 Å². The number of benzene rings is 1. The molecule has 0 amide bonds. The van der Waals surface area contributed by atoms with Gasteiger partial charge in [-0.15, -0.1) is 0 Å². The first-order valence-corrected chi connectivity index (χ1v) is 7.01. The predicted octanol–water partition coefficient (Wildman–Crippen LogP) is 2.72. The summed E-state index contributed by atoms with van der Waals surface area (Å²) < 4.78 is 7.69. The van der Waals surface area contributed by atoms with Gasteiger partial charge >= 0.3 is 0 Å². The molecular weight excluding hydrogens is 250 g/mol. The Morgan fingerprint density at radius 2 is 2.20 bits per heavy atom. The molecule has 1 N–H and O–H groups in total. The summed E-state index contributed by atoms with van der Waals surface area (Å²) in [6, 6.07) is 6.52. The molecule has 0 radical (unpaired) electrons. The second-order valence-electron chi connectivity index (χ2n) is 4.92. The van der Waals surface area contributed by atoms with Crippen LogP contribution in [0.3, 0.4) is 0 Å². The second kappa shape index (κ2) is 6.57. The van der Waals surface area contributed by atoms with Crippen LogP contribution in [0.1, 0.15) is 29.9 Å². The van der Waals surface area contributed by atoms with E-state index >= 15 is 0 Å². The molecule has 0 saturated carbocycles. The number of hydrogen-bond donors (Lipinski definition) is 1. The highest BCUT2D eigenvalue weighted by atomic mass is 16.5. The largest absolute Gasteiger partial charge is 0.496 e. The zero-order valence-corrected chi connectivity index (χ0v) is 12.7. The average Bonchev–Trinajstić information content (AvgIpc) is 2.92. The van der Waals surface area contributed by atoms with Gasteiger partial charge in [0.1, 0.15) is 11.6 Å². The fraction of sp³-hybridized carbons (Fsp3) is 0.438. The molecule has 1 aromatic heterocycles. The van der Waals surface area contributed by atoms with E-state index in [0.29, 0.717) is 0 Å². The van der Waals surface area contributed by atoms with E-state index < -0.39 is 0 Å². The number of imidazole rings is 1. The number of aromatic nitrogens is 2. The lowest BCUT2D eigenvalue weighted by Crippen LogP contribution is -2.21. The first kappa shape index (κ1) is 14.6. The standard InChI is InChI=1S/C16H23N3O/c1-5-19-9-8-18-16(19)11-14(17-3)13-7-6-12(2)10-15(13)20-4/h6-10,14,17H,5,11H2,1-4H3. The molecule has 108 valence electrons. The highest BCUT2D eigenvalue weighted by Crippen LogP contribution is 2.28. The molecule has 0 aliphatic rings. The van der Waals surface area contributed by atoms with Gasteiger partial charge in [-0.25, -0.2) is 4.98 Å². The number of ether oxygens (including phenoxy) is 1. The van der Waals surface area contributed by atoms with E-state index in [2.05, 4.69) is 46.9 Å². The number of likely N-dealkylation sites (N-methyl/N-ethyl adjacent to an activating group) is 1. The maximum atomic E-state index is 5.52. The van der Waals surface area contributed by atoms with Crippen molar-refractivity contribution < 1.29 is 4.74 Å². The molecule has 1 aromatic carbocycles. The summed E-state index contributed by atoms with van der Waals surface area (Å²) in [6.07, 6.45) is 4.73. The van der Waals surface area contributed by atoms with E-state index in [9.17, 15) is 0 Å². The summed E-state index contributed by atoms with van der Waals surface area (Å²) in [5.41, 5.74) is 2.38. The third-order valence-electron chi connectivity index (χ3n) is 3.64. The molecule has 0 saturated heterocycles. The van der Waals surface area contributed by atoms with Gasteiger partial charge in [0.05, 0.1) is 7.11 Å². The fourth-order valence-corrected chi connectivity index (χ4v) is 2.47. The van der Waals surface area contributed by atoms with Crippen LogP contribution in [-0.2, 0) is 13.0 Å². The van der Waals surface area contributed by atoms with E-state index in [4.69, 9.17) is 4.74 Å². The Labute approximate surface area is 120 Å². The minimum absolute atomic E-state index is 0.193. The number of rotatable bonds is 6. The van der Waals surface area contributed by atoms with Crippen LogP contribution in [0.4, 0.5) is 0 Å². The third-order valence-corrected chi connectivity index (χ3v) is 3.64. The molecule has 0 spiro atoms. The summed E-state index contributed by atoms with van der Waals surface area (Å²) in [5.74, 6) is 2.02. The number of methoxy groups -OCH3 is 1. The van der Waals surface area contributed by atoms with E-state index in [1.807, 2.05) is 19.4 Å². The fourth-order valence-electron chi connectivity index (χ4n) is 2.47. The zero-order valence-electron chi connectivity index (χ0n) is 12.7. The Morgan fingerprint density at radius 3 is 2.85 bits per heavy atom. The van der Waals surface area contributed by atoms with Crippen LogP contribution in [0.15, 0.2) is 30.6 Å². The van der Waals surface area contributed by atoms with Crippen molar-refractivity contribution in [1.29, 1.82) is 0 Å². The Balaban J connectivity index is 2.28. The van der Waals surface area contributed by atoms with Gasteiger partial charge in [-0.05, 0) is 32.5 Å². The lowest BCUT2D eigenvalue weighted by molar-refractivity contribution is 0.399. The van der Waals surface area contributed by atoms with Crippen LogP contribution in [0.25, 0.3) is 0 Å². The molecule has 20 heavy (non-hydrogen) atoms. The smallest absolute Gasteiger partial charge is 0.123 e. The quantitative estimate of drug-likeness (QED) is 0.879. The molecule has 0 fully saturated rings. The highest BCUT2D eigenvalue weighted by molar-refractivity contribution is 5.39. The van der Waals surface area contributed by atoms with E-state index in [0.717, 1.165) is 24.5 Å². The maximum Gasteiger partial charge on any atom is 0.123 e. The summed E-state index contributed by atoms with van der Waals surface area (Å²) >= 11 is 0. The van der Waals surface area contributed by atoms with Crippen LogP contribution in [0.2, 0.25) is 0 Å². The van der Waals surface area contributed by atoms with Gasteiger partial charge in [-0.3, -0.25) is 0 Å². The van der Waals surface area contributed by atoms with Crippen molar-refractivity contribution >= 4 is 0 Å². The number of nitrogens with zero attached hydrogens (tertiary/aromatic N) is 2. The highest BCUT2D eigenvalue weighted by Gasteiger charge is 2.17. The zero-order chi connectivity index (χ0) is 14.5. The van der Waals surface area contributed by atoms with Crippen molar-refractivity contribution in [2.24, 2.45) is 0 Å². The maximum absolute atomic E-state index is 5.52. The van der Waals surface area contributed by atoms with Gasteiger partial charge in [0, 0.05) is 37.0 Å². The molecule has 1 heterocycles. The molecule has 0 bridgehead atoms. The summed E-state index contributed by atoms with van der Waals surface area (Å²) in [5, 5.41) is 3.37. The van der Waals surface area contributed by atoms with Gasteiger partial charge < -0.3 is 14.6 Å². The van der Waals surface area contributed by atoms with Gasteiger partial charge in [-0.1, -0.05) is 12.1 Å². The number of aryl methyl sites for hydroxylation is 2. The van der Waals surface area contributed by atoms with Crippen molar-refractivity contribution in [1.82, 2.24) is 14.9 Å². The minimum atomic E-state index is 0.193. The molecule has 2 rings (SSSR count). The van der Waals surface area contributed by atoms with Crippen LogP contribution in [0.5, 0.6) is 5.75 Å². The summed E-state index contributed by atoms with van der Waals surface area (Å²) in [7, 11) is 3.70. The van der Waals surface area contributed by atoms with Crippen LogP contribution in [-0.4, -0.2) is 23.7 Å². The number of nitrogens with one attached hydrogen (secondary N) is 1. The SMILES string of the molecule is CCn1ccnc1CC(NC)c1ccc(C)cc1OC. The van der Waals surface area contributed by atoms with Gasteiger partial charge in [0.15, 0.2) is 0 Å². The predicted molar refractivity (Wildman–Crippen MR) is 81.1 cm³/mol. The monoisotopic (exact) mass is 273 g/mol. The van der Waals surface area contributed by atoms with Crippen LogP contribution >= 0.6 is 0 Å². The lowest BCUT2D eigenvalue weighted by atomic mass is 10.0. The van der Waals surface area contributed by atoms with Crippen molar-refractivity contribution in [3.8, 4) is 5.75 Å².